The van der Waals surface area contributed by atoms with Crippen LogP contribution in [0.25, 0.3) is 0 Å². The van der Waals surface area contributed by atoms with Crippen LogP contribution < -0.4 is 11.1 Å². The van der Waals surface area contributed by atoms with Gasteiger partial charge in [0.05, 0.1) is 0 Å². The summed E-state index contributed by atoms with van der Waals surface area (Å²) in [5.41, 5.74) is 7.86. The molecular formula is C13H15N3OS. The standard InChI is InChI=1S/C13H15N3OS/c1-2-5-9-6-3-4-7-10(9)15-12(17)11-8-18-13(14)16-11/h3-4,6-8H,2,5H2,1H3,(H2,14,16)(H,15,17). The number of para-hydroxylation sites is 1. The van der Waals surface area contributed by atoms with Crippen molar-refractivity contribution in [1.29, 1.82) is 0 Å². The largest absolute Gasteiger partial charge is 0.375 e. The molecule has 0 saturated heterocycles. The lowest BCUT2D eigenvalue weighted by atomic mass is 10.1. The van der Waals surface area contributed by atoms with E-state index < -0.39 is 0 Å². The monoisotopic (exact) mass is 261 g/mol. The third-order valence-corrected chi connectivity index (χ3v) is 3.21. The van der Waals surface area contributed by atoms with E-state index in [0.29, 0.717) is 10.8 Å². The van der Waals surface area contributed by atoms with E-state index in [1.54, 1.807) is 5.38 Å². The van der Waals surface area contributed by atoms with Crippen LogP contribution in [0.4, 0.5) is 10.8 Å². The number of hydrogen-bond acceptors (Lipinski definition) is 4. The first kappa shape index (κ1) is 12.6. The van der Waals surface area contributed by atoms with Gasteiger partial charge in [-0.1, -0.05) is 31.5 Å². The summed E-state index contributed by atoms with van der Waals surface area (Å²) in [6.07, 6.45) is 1.98. The molecule has 2 aromatic rings. The Balaban J connectivity index is 2.16. The zero-order chi connectivity index (χ0) is 13.0. The van der Waals surface area contributed by atoms with Gasteiger partial charge < -0.3 is 11.1 Å². The van der Waals surface area contributed by atoms with Crippen LogP contribution in [0.3, 0.4) is 0 Å². The van der Waals surface area contributed by atoms with Crippen molar-refractivity contribution in [2.75, 3.05) is 11.1 Å². The number of aryl methyl sites for hydroxylation is 1. The molecule has 1 aromatic carbocycles. The van der Waals surface area contributed by atoms with Crippen LogP contribution in [0.1, 0.15) is 29.4 Å². The van der Waals surface area contributed by atoms with Crippen LogP contribution in [0, 0.1) is 0 Å². The molecule has 0 saturated carbocycles. The maximum Gasteiger partial charge on any atom is 0.275 e. The van der Waals surface area contributed by atoms with Crippen LogP contribution in [0.2, 0.25) is 0 Å². The van der Waals surface area contributed by atoms with Gasteiger partial charge >= 0.3 is 0 Å². The molecule has 0 fully saturated rings. The van der Waals surface area contributed by atoms with Crippen molar-refractivity contribution >= 4 is 28.1 Å². The van der Waals surface area contributed by atoms with Crippen molar-refractivity contribution in [3.05, 3.63) is 40.9 Å². The molecule has 18 heavy (non-hydrogen) atoms. The normalized spacial score (nSPS) is 10.3. The van der Waals surface area contributed by atoms with Crippen molar-refractivity contribution < 1.29 is 4.79 Å². The first-order valence-electron chi connectivity index (χ1n) is 5.81. The second-order valence-corrected chi connectivity index (χ2v) is 4.82. The van der Waals surface area contributed by atoms with Gasteiger partial charge in [-0.3, -0.25) is 4.79 Å². The predicted molar refractivity (Wildman–Crippen MR) is 74.9 cm³/mol. The summed E-state index contributed by atoms with van der Waals surface area (Å²) in [4.78, 5) is 15.9. The number of nitrogens with two attached hydrogens (primary N) is 1. The summed E-state index contributed by atoms with van der Waals surface area (Å²) in [5.74, 6) is -0.216. The second kappa shape index (κ2) is 5.64. The molecule has 1 heterocycles. The maximum atomic E-state index is 12.0. The van der Waals surface area contributed by atoms with Crippen LogP contribution in [-0.4, -0.2) is 10.9 Å². The Kier molecular flexibility index (Phi) is 3.94. The Bertz CT molecular complexity index is 551. The van der Waals surface area contributed by atoms with Gasteiger partial charge in [0.1, 0.15) is 5.69 Å². The van der Waals surface area contributed by atoms with E-state index >= 15 is 0 Å². The van der Waals surface area contributed by atoms with E-state index in [2.05, 4.69) is 17.2 Å². The number of carbonyl (C=O) groups excluding carboxylic acids is 1. The van der Waals surface area contributed by atoms with Gasteiger partial charge in [0.2, 0.25) is 0 Å². The van der Waals surface area contributed by atoms with Gasteiger partial charge in [-0.2, -0.15) is 0 Å². The molecule has 5 heteroatoms. The van der Waals surface area contributed by atoms with Crippen molar-refractivity contribution in [3.63, 3.8) is 0 Å². The Morgan fingerprint density at radius 2 is 2.22 bits per heavy atom. The first-order chi connectivity index (χ1) is 8.70. The topological polar surface area (TPSA) is 68.0 Å². The highest BCUT2D eigenvalue weighted by atomic mass is 32.1. The van der Waals surface area contributed by atoms with E-state index in [1.807, 2.05) is 24.3 Å². The fraction of sp³-hybridized carbons (Fsp3) is 0.231. The molecule has 0 spiro atoms. The summed E-state index contributed by atoms with van der Waals surface area (Å²) in [6, 6.07) is 7.80. The first-order valence-corrected chi connectivity index (χ1v) is 6.69. The number of anilines is 2. The van der Waals surface area contributed by atoms with E-state index in [-0.39, 0.29) is 5.91 Å². The highest BCUT2D eigenvalue weighted by Crippen LogP contribution is 2.18. The molecule has 0 bridgehead atoms. The number of nitrogen functional groups attached to an aromatic ring is 1. The number of thiazole rings is 1. The van der Waals surface area contributed by atoms with Crippen LogP contribution in [0.5, 0.6) is 0 Å². The molecule has 0 atom stereocenters. The molecule has 4 nitrogen and oxygen atoms in total. The molecule has 0 unspecified atom stereocenters. The molecule has 2 rings (SSSR count). The fourth-order valence-electron chi connectivity index (χ4n) is 1.71. The molecule has 1 amide bonds. The number of amides is 1. The lowest BCUT2D eigenvalue weighted by molar-refractivity contribution is 0.102. The third-order valence-electron chi connectivity index (χ3n) is 2.54. The lowest BCUT2D eigenvalue weighted by Crippen LogP contribution is -2.13. The molecule has 94 valence electrons. The number of hydrogen-bond donors (Lipinski definition) is 2. The number of benzene rings is 1. The Labute approximate surface area is 110 Å². The van der Waals surface area contributed by atoms with Crippen molar-refractivity contribution in [2.24, 2.45) is 0 Å². The second-order valence-electron chi connectivity index (χ2n) is 3.93. The molecule has 0 radical (unpaired) electrons. The summed E-state index contributed by atoms with van der Waals surface area (Å²) >= 11 is 1.26. The highest BCUT2D eigenvalue weighted by Gasteiger charge is 2.11. The van der Waals surface area contributed by atoms with Crippen LogP contribution in [0.15, 0.2) is 29.6 Å². The summed E-state index contributed by atoms with van der Waals surface area (Å²) in [6.45, 7) is 2.11. The Morgan fingerprint density at radius 3 is 2.89 bits per heavy atom. The molecule has 0 aliphatic heterocycles. The van der Waals surface area contributed by atoms with E-state index in [0.717, 1.165) is 24.1 Å². The van der Waals surface area contributed by atoms with Gasteiger partial charge in [0.15, 0.2) is 5.13 Å². The maximum absolute atomic E-state index is 12.0. The molecule has 3 N–H and O–H groups in total. The van der Waals surface area contributed by atoms with E-state index in [9.17, 15) is 4.79 Å². The van der Waals surface area contributed by atoms with Crippen LogP contribution in [-0.2, 0) is 6.42 Å². The number of rotatable bonds is 4. The van der Waals surface area contributed by atoms with Gasteiger partial charge in [-0.15, -0.1) is 11.3 Å². The minimum atomic E-state index is -0.216. The number of carbonyl (C=O) groups is 1. The van der Waals surface area contributed by atoms with E-state index in [4.69, 9.17) is 5.73 Å². The summed E-state index contributed by atoms with van der Waals surface area (Å²) < 4.78 is 0. The van der Waals surface area contributed by atoms with E-state index in [1.165, 1.54) is 11.3 Å². The van der Waals surface area contributed by atoms with Gasteiger partial charge in [0, 0.05) is 11.1 Å². The molecule has 0 aliphatic rings. The van der Waals surface area contributed by atoms with Crippen molar-refractivity contribution in [1.82, 2.24) is 4.98 Å². The zero-order valence-electron chi connectivity index (χ0n) is 10.1. The molecule has 0 aliphatic carbocycles. The summed E-state index contributed by atoms with van der Waals surface area (Å²) in [5, 5.41) is 4.94. The lowest BCUT2D eigenvalue weighted by Gasteiger charge is -2.09. The SMILES string of the molecule is CCCc1ccccc1NC(=O)c1csc(N)n1. The number of nitrogens with one attached hydrogen (secondary N) is 1. The predicted octanol–water partition coefficient (Wildman–Crippen LogP) is 2.93. The third kappa shape index (κ3) is 2.87. The highest BCUT2D eigenvalue weighted by molar-refractivity contribution is 7.13. The Morgan fingerprint density at radius 1 is 1.44 bits per heavy atom. The zero-order valence-corrected chi connectivity index (χ0v) is 11.0. The number of aromatic nitrogens is 1. The molecule has 1 aromatic heterocycles. The molecular weight excluding hydrogens is 246 g/mol. The minimum absolute atomic E-state index is 0.216. The average Bonchev–Trinajstić information content (AvgIpc) is 2.79. The summed E-state index contributed by atoms with van der Waals surface area (Å²) in [7, 11) is 0. The minimum Gasteiger partial charge on any atom is -0.375 e. The quantitative estimate of drug-likeness (QED) is 0.889. The average molecular weight is 261 g/mol. The number of nitrogens with zero attached hydrogens (tertiary/aromatic N) is 1. The van der Waals surface area contributed by atoms with Crippen molar-refractivity contribution in [3.8, 4) is 0 Å². The van der Waals surface area contributed by atoms with Gasteiger partial charge in [0.25, 0.3) is 5.91 Å². The van der Waals surface area contributed by atoms with Gasteiger partial charge in [-0.05, 0) is 18.1 Å². The van der Waals surface area contributed by atoms with Crippen molar-refractivity contribution in [2.45, 2.75) is 19.8 Å². The van der Waals surface area contributed by atoms with Gasteiger partial charge in [-0.25, -0.2) is 4.98 Å². The smallest absolute Gasteiger partial charge is 0.275 e. The Hall–Kier alpha value is -1.88. The fourth-order valence-corrected chi connectivity index (χ4v) is 2.25. The van der Waals surface area contributed by atoms with Crippen LogP contribution >= 0.6 is 11.3 Å².